The third kappa shape index (κ3) is 3.79. The molecule has 0 aliphatic rings. The highest BCUT2D eigenvalue weighted by molar-refractivity contribution is 7.71. The van der Waals surface area contributed by atoms with Crippen molar-refractivity contribution in [1.82, 2.24) is 15.1 Å². The van der Waals surface area contributed by atoms with Crippen molar-refractivity contribution in [2.45, 2.75) is 26.9 Å². The fourth-order valence-corrected chi connectivity index (χ4v) is 4.62. The van der Waals surface area contributed by atoms with E-state index in [1.165, 1.54) is 0 Å². The van der Waals surface area contributed by atoms with Crippen LogP contribution in [-0.4, -0.2) is 26.0 Å². The number of aliphatic hydroxyl groups is 1. The molecule has 0 radical (unpaired) electrons. The Morgan fingerprint density at radius 2 is 1.76 bits per heavy atom. The van der Waals surface area contributed by atoms with E-state index in [1.54, 1.807) is 30.3 Å². The molecule has 0 bridgehead atoms. The molecular weight excluding hydrogens is 446 g/mol. The summed E-state index contributed by atoms with van der Waals surface area (Å²) < 4.78 is 5.91. The van der Waals surface area contributed by atoms with Crippen molar-refractivity contribution in [3.8, 4) is 22.3 Å². The molecule has 0 amide bonds. The van der Waals surface area contributed by atoms with Gasteiger partial charge in [-0.05, 0) is 73.4 Å². The number of imidazole rings is 1. The molecule has 3 aromatic carbocycles. The first-order valence-electron chi connectivity index (χ1n) is 10.9. The van der Waals surface area contributed by atoms with Crippen LogP contribution in [0.1, 0.15) is 39.0 Å². The zero-order valence-electron chi connectivity index (χ0n) is 19.0. The van der Waals surface area contributed by atoms with Crippen molar-refractivity contribution in [3.05, 3.63) is 93.6 Å². The molecule has 2 heterocycles. The van der Waals surface area contributed by atoms with Crippen molar-refractivity contribution < 1.29 is 14.4 Å². The van der Waals surface area contributed by atoms with Gasteiger partial charge in [0.25, 0.3) is 0 Å². The van der Waals surface area contributed by atoms with Crippen molar-refractivity contribution in [1.29, 1.82) is 0 Å². The van der Waals surface area contributed by atoms with E-state index < -0.39 is 6.10 Å². The minimum atomic E-state index is -1.27. The number of aliphatic hydroxyl groups excluding tert-OH is 1. The fourth-order valence-electron chi connectivity index (χ4n) is 4.41. The molecule has 170 valence electrons. The molecule has 2 aromatic heterocycles. The van der Waals surface area contributed by atoms with Crippen LogP contribution in [0, 0.1) is 25.5 Å². The van der Waals surface area contributed by atoms with Gasteiger partial charge in [0.15, 0.2) is 10.6 Å². The zero-order chi connectivity index (χ0) is 24.0. The summed E-state index contributed by atoms with van der Waals surface area (Å²) in [4.78, 5) is 19.3. The number of Topliss-reactive ketones (excluding diaryl/α,β-unsaturated/α-hetero) is 1. The zero-order valence-corrected chi connectivity index (χ0v) is 19.8. The van der Waals surface area contributed by atoms with Crippen LogP contribution in [0.5, 0.6) is 0 Å². The number of H-pyrrole nitrogens is 2. The molecule has 5 rings (SSSR count). The van der Waals surface area contributed by atoms with Gasteiger partial charge < -0.3 is 19.6 Å². The first kappa shape index (κ1) is 22.0. The number of hydrogen-bond acceptors (Lipinski definition) is 5. The summed E-state index contributed by atoms with van der Waals surface area (Å²) in [5.74, 6) is 0.386. The average molecular weight is 470 g/mol. The van der Waals surface area contributed by atoms with Crippen LogP contribution in [0.25, 0.3) is 33.3 Å². The number of carbonyl (C=O) groups is 1. The first-order valence-corrected chi connectivity index (χ1v) is 11.3. The summed E-state index contributed by atoms with van der Waals surface area (Å²) in [5, 5.41) is 15.0. The number of ketones is 1. The maximum atomic E-state index is 12.9. The molecule has 0 saturated carbocycles. The lowest BCUT2D eigenvalue weighted by atomic mass is 9.91. The van der Waals surface area contributed by atoms with E-state index in [1.807, 2.05) is 45.0 Å². The van der Waals surface area contributed by atoms with Gasteiger partial charge in [-0.2, -0.15) is 0 Å². The quantitative estimate of drug-likeness (QED) is 0.205. The van der Waals surface area contributed by atoms with Gasteiger partial charge in [-0.15, -0.1) is 0 Å². The van der Waals surface area contributed by atoms with Gasteiger partial charge in [0, 0.05) is 16.7 Å². The van der Waals surface area contributed by atoms with E-state index in [4.69, 9.17) is 16.7 Å². The standard InChI is InChI=1S/C27H23N3O3S/c1-14-9-10-18(26(32)25(31)17-7-5-4-6-8-17)11-20(14)21-12-19(23-15(2)30-33-16(23)3)13-22-24(21)29-27(34)28-22/h4-13,26,32H,1-3H3,(H2,28,29,34). The van der Waals surface area contributed by atoms with Crippen LogP contribution in [-0.2, 0) is 0 Å². The molecule has 6 nitrogen and oxygen atoms in total. The Kier molecular flexibility index (Phi) is 5.51. The molecule has 1 atom stereocenters. The highest BCUT2D eigenvalue weighted by Gasteiger charge is 2.22. The largest absolute Gasteiger partial charge is 0.380 e. The Bertz CT molecular complexity index is 1580. The first-order chi connectivity index (χ1) is 16.3. The third-order valence-electron chi connectivity index (χ3n) is 6.12. The van der Waals surface area contributed by atoms with Crippen LogP contribution in [0.4, 0.5) is 0 Å². The van der Waals surface area contributed by atoms with Gasteiger partial charge >= 0.3 is 0 Å². The number of hydrogen-bond donors (Lipinski definition) is 3. The van der Waals surface area contributed by atoms with Crippen molar-refractivity contribution in [2.24, 2.45) is 0 Å². The Morgan fingerprint density at radius 3 is 2.47 bits per heavy atom. The summed E-state index contributed by atoms with van der Waals surface area (Å²) in [5.41, 5.74) is 8.15. The molecule has 7 heteroatoms. The van der Waals surface area contributed by atoms with Gasteiger partial charge in [0.1, 0.15) is 11.9 Å². The number of nitrogens with one attached hydrogen (secondary N) is 2. The van der Waals surface area contributed by atoms with Crippen molar-refractivity contribution in [2.75, 3.05) is 0 Å². The van der Waals surface area contributed by atoms with Crippen molar-refractivity contribution >= 4 is 29.0 Å². The van der Waals surface area contributed by atoms with E-state index >= 15 is 0 Å². The summed E-state index contributed by atoms with van der Waals surface area (Å²) in [6.45, 7) is 5.79. The van der Waals surface area contributed by atoms with E-state index in [9.17, 15) is 9.90 Å². The molecular formula is C27H23N3O3S. The second kappa shape index (κ2) is 8.52. The van der Waals surface area contributed by atoms with Crippen LogP contribution >= 0.6 is 12.2 Å². The predicted octanol–water partition coefficient (Wildman–Crippen LogP) is 6.39. The summed E-state index contributed by atoms with van der Waals surface area (Å²) in [6, 6.07) is 18.5. The Labute approximate surface area is 201 Å². The molecule has 0 spiro atoms. The molecule has 0 aliphatic carbocycles. The number of carbonyl (C=O) groups excluding carboxylic acids is 1. The predicted molar refractivity (Wildman–Crippen MR) is 134 cm³/mol. The lowest BCUT2D eigenvalue weighted by Crippen LogP contribution is -2.12. The second-order valence-electron chi connectivity index (χ2n) is 8.43. The molecule has 0 fully saturated rings. The van der Waals surface area contributed by atoms with Gasteiger partial charge in [0.2, 0.25) is 0 Å². The summed E-state index contributed by atoms with van der Waals surface area (Å²) >= 11 is 5.38. The summed E-state index contributed by atoms with van der Waals surface area (Å²) in [7, 11) is 0. The lowest BCUT2D eigenvalue weighted by Gasteiger charge is -2.15. The van der Waals surface area contributed by atoms with Gasteiger partial charge in [-0.25, -0.2) is 0 Å². The number of fused-ring (bicyclic) bond motifs is 1. The fraction of sp³-hybridized carbons (Fsp3) is 0.148. The van der Waals surface area contributed by atoms with Crippen LogP contribution < -0.4 is 0 Å². The Hall–Kier alpha value is -3.81. The molecule has 1 unspecified atom stereocenters. The minimum Gasteiger partial charge on any atom is -0.380 e. The van der Waals surface area contributed by atoms with Crippen molar-refractivity contribution in [3.63, 3.8) is 0 Å². The monoisotopic (exact) mass is 469 g/mol. The Balaban J connectivity index is 1.68. The Morgan fingerprint density at radius 1 is 1.00 bits per heavy atom. The van der Waals surface area contributed by atoms with Crippen LogP contribution in [0.2, 0.25) is 0 Å². The van der Waals surface area contributed by atoms with Gasteiger partial charge in [0.05, 0.1) is 16.7 Å². The third-order valence-corrected chi connectivity index (χ3v) is 6.33. The molecule has 34 heavy (non-hydrogen) atoms. The maximum absolute atomic E-state index is 12.9. The van der Waals surface area contributed by atoms with Crippen LogP contribution in [0.3, 0.4) is 0 Å². The van der Waals surface area contributed by atoms with E-state index in [2.05, 4.69) is 21.2 Å². The lowest BCUT2D eigenvalue weighted by molar-refractivity contribution is 0.0747. The topological polar surface area (TPSA) is 94.9 Å². The maximum Gasteiger partial charge on any atom is 0.195 e. The van der Waals surface area contributed by atoms with Crippen LogP contribution in [0.15, 0.2) is 65.2 Å². The molecule has 0 aliphatic heterocycles. The SMILES string of the molecule is Cc1ccc(C(O)C(=O)c2ccccc2)cc1-c1cc(-c2c(C)noc2C)cc2[nH]c(=S)[nH]c12. The number of aromatic amines is 2. The van der Waals surface area contributed by atoms with E-state index in [-0.39, 0.29) is 5.78 Å². The number of nitrogens with zero attached hydrogens (tertiary/aromatic N) is 1. The minimum absolute atomic E-state index is 0.342. The number of aryl methyl sites for hydroxylation is 3. The smallest absolute Gasteiger partial charge is 0.195 e. The molecule has 3 N–H and O–H groups in total. The van der Waals surface area contributed by atoms with Gasteiger partial charge in [-0.3, -0.25) is 4.79 Å². The highest BCUT2D eigenvalue weighted by Crippen LogP contribution is 2.37. The second-order valence-corrected chi connectivity index (χ2v) is 8.84. The van der Waals surface area contributed by atoms with Gasteiger partial charge in [-0.1, -0.05) is 47.6 Å². The number of rotatable bonds is 5. The normalized spacial score (nSPS) is 12.2. The number of aromatic nitrogens is 3. The van der Waals surface area contributed by atoms with E-state index in [0.717, 1.165) is 50.3 Å². The molecule has 5 aromatic rings. The average Bonchev–Trinajstić information content (AvgIpc) is 3.38. The van der Waals surface area contributed by atoms with E-state index in [0.29, 0.717) is 15.9 Å². The highest BCUT2D eigenvalue weighted by atomic mass is 32.1. The number of benzene rings is 3. The summed E-state index contributed by atoms with van der Waals surface area (Å²) in [6.07, 6.45) is -1.27. The molecule has 0 saturated heterocycles.